The monoisotopic (exact) mass is 639 g/mol. The molecule has 0 N–H and O–H groups in total. The first kappa shape index (κ1) is 36.3. The van der Waals surface area contributed by atoms with E-state index in [2.05, 4.69) is 21.8 Å². The minimum absolute atomic E-state index is 0.187. The third kappa shape index (κ3) is 9.19. The highest BCUT2D eigenvalue weighted by Gasteiger charge is 2.22. The van der Waals surface area contributed by atoms with Crippen LogP contribution in [0.25, 0.3) is 20.8 Å². The van der Waals surface area contributed by atoms with Crippen LogP contribution in [-0.2, 0) is 0 Å². The molecule has 238 valence electrons. The number of guanidine groups is 1. The van der Waals surface area contributed by atoms with E-state index >= 15 is 0 Å². The number of hydrogen-bond donors (Lipinski definition) is 0. The predicted molar refractivity (Wildman–Crippen MR) is 191 cm³/mol. The van der Waals surface area contributed by atoms with Gasteiger partial charge in [-0.2, -0.15) is 30.7 Å². The second-order valence-corrected chi connectivity index (χ2v) is 11.0. The van der Waals surface area contributed by atoms with Crippen molar-refractivity contribution in [2.24, 2.45) is 10.9 Å². The van der Waals surface area contributed by atoms with Gasteiger partial charge in [0.1, 0.15) is 13.1 Å². The van der Waals surface area contributed by atoms with Gasteiger partial charge in [0.15, 0.2) is 5.92 Å². The average molecular weight is 640 g/mol. The molecule has 0 aromatic heterocycles. The lowest BCUT2D eigenvalue weighted by Crippen LogP contribution is -2.35. The molecule has 0 saturated carbocycles. The number of allylic oxidation sites excluding steroid dienone is 12. The molecule has 0 aliphatic heterocycles. The third-order valence-electron chi connectivity index (χ3n) is 7.33. The van der Waals surface area contributed by atoms with Gasteiger partial charge in [-0.05, 0) is 47.3 Å². The Morgan fingerprint density at radius 2 is 1.41 bits per heavy atom. The number of benzene rings is 2. The molecule has 2 aromatic carbocycles. The van der Waals surface area contributed by atoms with E-state index < -0.39 is 5.92 Å². The molecule has 1 aliphatic rings. The van der Waals surface area contributed by atoms with Crippen LogP contribution >= 0.6 is 0 Å². The third-order valence-corrected chi connectivity index (χ3v) is 7.33. The highest BCUT2D eigenvalue weighted by molar-refractivity contribution is 5.87. The van der Waals surface area contributed by atoms with Crippen LogP contribution in [0.5, 0.6) is 0 Å². The van der Waals surface area contributed by atoms with Gasteiger partial charge >= 0.3 is 5.82 Å². The Morgan fingerprint density at radius 1 is 0.816 bits per heavy atom. The summed E-state index contributed by atoms with van der Waals surface area (Å²) in [7, 11) is 7.59. The Bertz CT molecular complexity index is 2020. The van der Waals surface area contributed by atoms with Gasteiger partial charge in [0.05, 0.1) is 46.7 Å². The van der Waals surface area contributed by atoms with Crippen LogP contribution < -0.4 is 0 Å². The minimum atomic E-state index is -1.12. The molecular formula is C40H33N9. The molecule has 2 aromatic rings. The number of nitrogens with zero attached hydrogens (tertiary/aromatic N) is 9. The van der Waals surface area contributed by atoms with E-state index in [1.54, 1.807) is 72.8 Å². The summed E-state index contributed by atoms with van der Waals surface area (Å²) in [6.07, 6.45) is 11.7. The number of aliphatic imine (C=N–C) groups is 1. The van der Waals surface area contributed by atoms with Gasteiger partial charge in [-0.25, -0.2) is 4.99 Å². The Morgan fingerprint density at radius 3 is 1.92 bits per heavy atom. The maximum absolute atomic E-state index is 10.1. The van der Waals surface area contributed by atoms with Crippen molar-refractivity contribution in [2.75, 3.05) is 28.2 Å². The van der Waals surface area contributed by atoms with E-state index in [1.165, 1.54) is 0 Å². The molecule has 3 rings (SSSR count). The normalized spacial score (nSPS) is 13.9. The molecular weight excluding hydrogens is 607 g/mol. The maximum Gasteiger partial charge on any atom is 0.528 e. The van der Waals surface area contributed by atoms with Crippen molar-refractivity contribution in [3.05, 3.63) is 165 Å². The molecule has 9 nitrogen and oxygen atoms in total. The molecule has 0 spiro atoms. The van der Waals surface area contributed by atoms with Crippen molar-refractivity contribution in [2.45, 2.75) is 12.8 Å². The highest BCUT2D eigenvalue weighted by Crippen LogP contribution is 2.35. The molecule has 0 heterocycles. The smallest absolute Gasteiger partial charge is 0.349 e. The standard InChI is InChI=1S/C40H33N9/c1-45-39(46-2)37(30-17-11-8-12-18-30)34(26-42)22-14-20-32-24-23-31(38(32)47-40(48(3)4)49(5)6)19-13-21-33(25-41)36(35(27-43)28-44)29-15-9-7-10-16-29/h7-22,35H,23-24H2,3-6H3/b20-14+,21-13+,31-19+,34-22+,36-33?. The molecule has 0 saturated heterocycles. The summed E-state index contributed by atoms with van der Waals surface area (Å²) in [6, 6.07) is 26.2. The van der Waals surface area contributed by atoms with Crippen LogP contribution in [0.1, 0.15) is 24.0 Å². The highest BCUT2D eigenvalue weighted by atomic mass is 15.3. The summed E-state index contributed by atoms with van der Waals surface area (Å²) in [5.41, 5.74) is 4.78. The second-order valence-electron chi connectivity index (χ2n) is 11.0. The van der Waals surface area contributed by atoms with Gasteiger partial charge < -0.3 is 9.80 Å². The Labute approximate surface area is 288 Å². The van der Waals surface area contributed by atoms with Crippen LogP contribution in [0.2, 0.25) is 0 Å². The molecule has 0 radical (unpaired) electrons. The first-order valence-electron chi connectivity index (χ1n) is 15.1. The van der Waals surface area contributed by atoms with Crippen molar-refractivity contribution in [3.63, 3.8) is 0 Å². The van der Waals surface area contributed by atoms with Crippen LogP contribution in [-0.4, -0.2) is 44.0 Å². The van der Waals surface area contributed by atoms with E-state index in [-0.39, 0.29) is 22.5 Å². The topological polar surface area (TPSA) is 123 Å². The Kier molecular flexibility index (Phi) is 13.4. The quantitative estimate of drug-likeness (QED) is 0.0905. The summed E-state index contributed by atoms with van der Waals surface area (Å²) in [5.74, 6) is -0.605. The molecule has 0 unspecified atom stereocenters. The Balaban J connectivity index is 2.17. The molecule has 0 amide bonds. The number of rotatable bonds is 9. The van der Waals surface area contributed by atoms with Crippen molar-refractivity contribution in [3.8, 4) is 24.3 Å². The molecule has 0 bridgehead atoms. The average Bonchev–Trinajstić information content (AvgIpc) is 3.50. The van der Waals surface area contributed by atoms with Gasteiger partial charge in [0, 0.05) is 33.8 Å². The Hall–Kier alpha value is -7.17. The van der Waals surface area contributed by atoms with E-state index in [1.807, 2.05) is 74.4 Å². The first-order valence-corrected chi connectivity index (χ1v) is 15.1. The number of hydrogen-bond acceptors (Lipinski definition) is 5. The SMILES string of the molecule is [C-]#[N+]C([N+]#[C-])=C(/C(C#N)=C/C=C/C1=C(N=C(N(C)C)N(C)C)C(=C/C=C/C(C#N)=C(c2ccccc2)C(C#N)C#N)/CC1)c1ccccc1. The maximum atomic E-state index is 10.1. The van der Waals surface area contributed by atoms with Gasteiger partial charge in [0.25, 0.3) is 0 Å². The first-order chi connectivity index (χ1) is 23.7. The lowest BCUT2D eigenvalue weighted by molar-refractivity contribution is 0.483. The van der Waals surface area contributed by atoms with Crippen LogP contribution in [0.3, 0.4) is 0 Å². The molecule has 0 fully saturated rings. The van der Waals surface area contributed by atoms with Gasteiger partial charge in [-0.1, -0.05) is 85.0 Å². The summed E-state index contributed by atoms with van der Waals surface area (Å²) < 4.78 is 0. The molecule has 9 heteroatoms. The largest absolute Gasteiger partial charge is 0.528 e. The van der Waals surface area contributed by atoms with Gasteiger partial charge in [0.2, 0.25) is 5.96 Å². The second kappa shape index (κ2) is 18.1. The fourth-order valence-electron chi connectivity index (χ4n) is 5.17. The van der Waals surface area contributed by atoms with Gasteiger partial charge in [-0.15, -0.1) is 0 Å². The molecule has 49 heavy (non-hydrogen) atoms. The van der Waals surface area contributed by atoms with E-state index in [0.717, 1.165) is 16.8 Å². The summed E-state index contributed by atoms with van der Waals surface area (Å²) >= 11 is 0. The van der Waals surface area contributed by atoms with Crippen LogP contribution in [0.15, 0.2) is 136 Å². The zero-order chi connectivity index (χ0) is 35.8. The summed E-state index contributed by atoms with van der Waals surface area (Å²) in [5, 5.41) is 39.4. The van der Waals surface area contributed by atoms with E-state index in [4.69, 9.17) is 18.1 Å². The summed E-state index contributed by atoms with van der Waals surface area (Å²) in [6.45, 7) is 15.0. The van der Waals surface area contributed by atoms with Crippen molar-refractivity contribution in [1.29, 1.82) is 21.0 Å². The predicted octanol–water partition coefficient (Wildman–Crippen LogP) is 7.85. The fraction of sp³-hybridized carbons (Fsp3) is 0.175. The summed E-state index contributed by atoms with van der Waals surface area (Å²) in [4.78, 5) is 15.5. The molecule has 0 atom stereocenters. The van der Waals surface area contributed by atoms with E-state index in [9.17, 15) is 21.0 Å². The zero-order valence-electron chi connectivity index (χ0n) is 27.8. The lowest BCUT2D eigenvalue weighted by atomic mass is 9.90. The van der Waals surface area contributed by atoms with Crippen LogP contribution in [0.4, 0.5) is 0 Å². The minimum Gasteiger partial charge on any atom is -0.349 e. The van der Waals surface area contributed by atoms with Crippen molar-refractivity contribution in [1.82, 2.24) is 9.80 Å². The van der Waals surface area contributed by atoms with Crippen molar-refractivity contribution < 1.29 is 0 Å². The lowest BCUT2D eigenvalue weighted by Gasteiger charge is -2.23. The number of nitriles is 4. The van der Waals surface area contributed by atoms with Crippen molar-refractivity contribution >= 4 is 17.1 Å². The van der Waals surface area contributed by atoms with Crippen LogP contribution in [0, 0.1) is 64.4 Å². The van der Waals surface area contributed by atoms with Gasteiger partial charge in [-0.3, -0.25) is 0 Å². The van der Waals surface area contributed by atoms with E-state index in [0.29, 0.717) is 35.5 Å². The zero-order valence-corrected chi connectivity index (χ0v) is 27.8. The fourth-order valence-corrected chi connectivity index (χ4v) is 5.17. The molecule has 1 aliphatic carbocycles.